The van der Waals surface area contributed by atoms with Crippen molar-refractivity contribution in [3.05, 3.63) is 138 Å². The molecule has 0 N–H and O–H groups in total. The fraction of sp³-hybridized carbons (Fsp3) is 0.800. The van der Waals surface area contributed by atoms with Gasteiger partial charge < -0.3 is 19.4 Å². The molecule has 3 rings (SSSR count). The maximum Gasteiger partial charge on any atom is 2.00 e. The summed E-state index contributed by atoms with van der Waals surface area (Å²) in [4.78, 5) is 0. The molecule has 1 heterocycles. The van der Waals surface area contributed by atoms with Crippen molar-refractivity contribution < 1.29 is 25.1 Å². The number of allylic oxidation sites excluding steroid dienone is 8. The topological polar surface area (TPSA) is 25.3 Å². The summed E-state index contributed by atoms with van der Waals surface area (Å²) in [6, 6.07) is 18.4. The molecule has 3 heteroatoms. The van der Waals surface area contributed by atoms with Gasteiger partial charge in [0.05, 0.1) is 5.57 Å². The fourth-order valence-electron chi connectivity index (χ4n) is 18.8. The van der Waals surface area contributed by atoms with Crippen LogP contribution >= 0.6 is 0 Å². The number of unbranched alkanes of at least 4 members (excludes halogenated alkanes) is 69. The minimum Gasteiger partial charge on any atom is -0.493 e. The van der Waals surface area contributed by atoms with E-state index in [1.54, 1.807) is 4.70 Å². The van der Waals surface area contributed by atoms with Gasteiger partial charge in [0, 0.05) is 16.7 Å². The summed E-state index contributed by atoms with van der Waals surface area (Å²) in [5.41, 5.74) is 23.0. The first-order valence-electron chi connectivity index (χ1n) is 56.0. The molecule has 1 aliphatic heterocycles. The summed E-state index contributed by atoms with van der Waals surface area (Å²) < 4.78 is 1.69. The second-order valence-electron chi connectivity index (χ2n) is 38.9. The zero-order valence-corrected chi connectivity index (χ0v) is 86.2. The second kappa shape index (κ2) is 98.4. The molecular weight excluding hydrogens is 1580 g/mol. The van der Waals surface area contributed by atoms with Crippen LogP contribution in [0.3, 0.4) is 0 Å². The maximum atomic E-state index is 13.2. The number of rotatable bonds is 91. The summed E-state index contributed by atoms with van der Waals surface area (Å²) in [7, 11) is 0. The molecule has 716 valence electrons. The van der Waals surface area contributed by atoms with Crippen molar-refractivity contribution in [2.24, 2.45) is 11.8 Å². The summed E-state index contributed by atoms with van der Waals surface area (Å²) in [6.45, 7) is 26.3. The zero-order valence-electron chi connectivity index (χ0n) is 84.7. The standard InChI is InChI=1S/C90H154N2.2C15H31.Pd/c1-7-13-19-22-25-28-31-34-35-36-37-38-39-40-41-42-43-44-45-46-47-50-53-56-59-62-76-88-87(73-18-12-6)89(85-74-65-63-71-83(85)79-77-81(67-16-10-4)69-60-57-54-51-48-32-29-26-23-20-14-8-2)92(91)90(88)86-75-66-64-72-84(86)80-78-82(68-17-11-5)70-61-58-55-52-49-33-30-27-24-21-15-9-3;2*1-3-5-7-9-11-13-15-14-12-10-8-6-4-2;/h57-58,60-66,71-72,74-76,81-82H,7-56,59,67-70,73,77-80H2,1-6H3;2*1,3-15H2,2H3;/q;2*-1;+2. The van der Waals surface area contributed by atoms with E-state index in [1.165, 1.54) is 534 Å². The average molecular weight is 1790 g/mol. The predicted molar refractivity (Wildman–Crippen MR) is 556 cm³/mol. The van der Waals surface area contributed by atoms with Crippen LogP contribution < -0.4 is 0 Å². The predicted octanol–water partition coefficient (Wildman–Crippen LogP) is 43.4. The quantitative estimate of drug-likeness (QED) is 0.0207. The Bertz CT molecular complexity index is 2580. The molecule has 0 amide bonds. The van der Waals surface area contributed by atoms with Crippen LogP contribution in [0.15, 0.2) is 96.1 Å². The first kappa shape index (κ1) is 120. The Labute approximate surface area is 788 Å². The van der Waals surface area contributed by atoms with Crippen LogP contribution in [0.25, 0.3) is 16.9 Å². The zero-order chi connectivity index (χ0) is 88.1. The largest absolute Gasteiger partial charge is 2.00 e. The van der Waals surface area contributed by atoms with E-state index < -0.39 is 0 Å². The first-order chi connectivity index (χ1) is 60.4. The van der Waals surface area contributed by atoms with E-state index in [9.17, 15) is 5.53 Å². The molecular formula is C120H216N2Pd. The van der Waals surface area contributed by atoms with Crippen molar-refractivity contribution in [1.29, 1.82) is 0 Å². The third kappa shape index (κ3) is 73.7. The van der Waals surface area contributed by atoms with E-state index in [0.717, 1.165) is 62.8 Å². The van der Waals surface area contributed by atoms with Crippen LogP contribution in [0.4, 0.5) is 0 Å². The van der Waals surface area contributed by atoms with Crippen LogP contribution in [0.1, 0.15) is 617 Å². The molecule has 0 radical (unpaired) electrons. The van der Waals surface area contributed by atoms with Crippen molar-refractivity contribution in [2.75, 3.05) is 0 Å². The van der Waals surface area contributed by atoms with Crippen molar-refractivity contribution >= 4 is 11.4 Å². The molecule has 0 saturated carbocycles. The summed E-state index contributed by atoms with van der Waals surface area (Å²) in [6.07, 6.45) is 132. The summed E-state index contributed by atoms with van der Waals surface area (Å²) >= 11 is 0. The van der Waals surface area contributed by atoms with Gasteiger partial charge in [-0.2, -0.15) is 12.8 Å². The van der Waals surface area contributed by atoms with Gasteiger partial charge in [0.2, 0.25) is 11.4 Å². The van der Waals surface area contributed by atoms with Crippen LogP contribution in [-0.2, 0) is 33.3 Å². The van der Waals surface area contributed by atoms with E-state index in [-0.39, 0.29) is 20.4 Å². The van der Waals surface area contributed by atoms with Crippen LogP contribution in [-0.4, -0.2) is 4.70 Å². The van der Waals surface area contributed by atoms with Crippen LogP contribution in [0, 0.1) is 25.7 Å². The Morgan fingerprint density at radius 2 is 0.488 bits per heavy atom. The number of aryl methyl sites for hydroxylation is 2. The molecule has 1 aliphatic rings. The van der Waals surface area contributed by atoms with E-state index in [0.29, 0.717) is 11.8 Å². The van der Waals surface area contributed by atoms with Crippen LogP contribution in [0.2, 0.25) is 0 Å². The molecule has 0 spiro atoms. The maximum absolute atomic E-state index is 13.2. The molecule has 0 bridgehead atoms. The van der Waals surface area contributed by atoms with Gasteiger partial charge in [-0.15, -0.1) is 0 Å². The van der Waals surface area contributed by atoms with Gasteiger partial charge in [-0.05, 0) is 125 Å². The van der Waals surface area contributed by atoms with Crippen molar-refractivity contribution in [1.82, 2.24) is 0 Å². The molecule has 0 aliphatic carbocycles. The molecule has 0 aromatic heterocycles. The molecule has 2 nitrogen and oxygen atoms in total. The van der Waals surface area contributed by atoms with E-state index in [2.05, 4.69) is 154 Å². The Hall–Kier alpha value is -2.60. The smallest absolute Gasteiger partial charge is 0.493 e. The van der Waals surface area contributed by atoms with Gasteiger partial charge in [0.25, 0.3) is 0 Å². The number of hydrogen-bond donors (Lipinski definition) is 0. The van der Waals surface area contributed by atoms with Crippen LogP contribution in [0.5, 0.6) is 0 Å². The Morgan fingerprint density at radius 1 is 0.252 bits per heavy atom. The second-order valence-corrected chi connectivity index (χ2v) is 38.9. The third-order valence-electron chi connectivity index (χ3n) is 27.1. The minimum atomic E-state index is 0. The van der Waals surface area contributed by atoms with Gasteiger partial charge in [-0.3, -0.25) is 0 Å². The van der Waals surface area contributed by atoms with Gasteiger partial charge in [0.15, 0.2) is 0 Å². The average Bonchev–Trinajstić information content (AvgIpc) is 1.60. The fourth-order valence-corrected chi connectivity index (χ4v) is 18.8. The molecule has 123 heavy (non-hydrogen) atoms. The molecule has 2 atom stereocenters. The Kier molecular flexibility index (Phi) is 96.4. The van der Waals surface area contributed by atoms with E-state index in [4.69, 9.17) is 0 Å². The van der Waals surface area contributed by atoms with Crippen molar-refractivity contribution in [3.8, 4) is 0 Å². The normalized spacial score (nSPS) is 12.9. The van der Waals surface area contributed by atoms with Crippen molar-refractivity contribution in [3.63, 3.8) is 0 Å². The first-order valence-corrected chi connectivity index (χ1v) is 56.0. The van der Waals surface area contributed by atoms with Gasteiger partial charge in [-0.25, -0.2) is 4.70 Å². The van der Waals surface area contributed by atoms with E-state index in [1.807, 2.05) is 0 Å². The number of nitrogens with zero attached hydrogens (tertiary/aromatic N) is 2. The summed E-state index contributed by atoms with van der Waals surface area (Å²) in [5, 5.41) is 0. The minimum absolute atomic E-state index is 0. The van der Waals surface area contributed by atoms with E-state index >= 15 is 0 Å². The molecule has 2 unspecified atom stereocenters. The third-order valence-corrected chi connectivity index (χ3v) is 27.1. The molecule has 2 aromatic rings. The molecule has 2 aromatic carbocycles. The number of benzene rings is 2. The SMILES string of the molecule is CCCCCCCCCCCC=CCC(CCCC)CCc1ccccc1C1=C(C=CCCCCCCCCCCCCCCCCCCCCCCCCCC)C(CCCC)=C(c2ccccc2CCC(CC=CCCCCCCCCCCC)CCCC)[N+]1=[N-].[CH2-]CCCCCCCCCCCCCC.[CH2-]CCCCCCCCCCCCCC.[Pd+2]. The molecule has 0 saturated heterocycles. The monoisotopic (exact) mass is 1790 g/mol. The molecule has 0 fully saturated rings. The van der Waals surface area contributed by atoms with Crippen molar-refractivity contribution in [2.45, 2.75) is 608 Å². The van der Waals surface area contributed by atoms with Gasteiger partial charge in [0.1, 0.15) is 0 Å². The van der Waals surface area contributed by atoms with Gasteiger partial charge in [-0.1, -0.05) is 578 Å². The summed E-state index contributed by atoms with van der Waals surface area (Å²) in [5.74, 6) is 1.36. The Balaban J connectivity index is 0.00000402. The van der Waals surface area contributed by atoms with Gasteiger partial charge >= 0.3 is 20.4 Å². The number of hydrogen-bond acceptors (Lipinski definition) is 0. The Morgan fingerprint density at radius 3 is 0.756 bits per heavy atom.